The van der Waals surface area contributed by atoms with Gasteiger partial charge in [0.15, 0.2) is 5.82 Å². The summed E-state index contributed by atoms with van der Waals surface area (Å²) in [7, 11) is 0. The van der Waals surface area contributed by atoms with E-state index in [2.05, 4.69) is 10.3 Å². The number of carboxylic acid groups (broad SMARTS) is 1. The molecule has 0 aliphatic carbocycles. The number of carbonyl (C=O) groups is 2. The average molecular weight is 408 g/mol. The monoisotopic (exact) mass is 408 g/mol. The maximum atomic E-state index is 13.3. The highest BCUT2D eigenvalue weighted by Gasteiger charge is 2.42. The third kappa shape index (κ3) is 3.43. The molecule has 4 rings (SSSR count). The van der Waals surface area contributed by atoms with Crippen LogP contribution in [0.4, 0.5) is 25.1 Å². The van der Waals surface area contributed by atoms with Crippen LogP contribution >= 0.6 is 0 Å². The lowest BCUT2D eigenvalue weighted by molar-refractivity contribution is -0.137. The standard InChI is InChI=1S/C18H18F2N4O5/c1-9(17(25)26)21-10-2-3-11-13(6-10)28-5-4-23-7-14(22-16(11)23)24-12(15(19)20)8-29-18(24)27/h2-3,6-7,9,12,15,21H,4-5,8H2,1H3,(H,25,26)/t9?,12-/m0/s1. The number of hydrogen-bond donors (Lipinski definition) is 2. The zero-order valence-corrected chi connectivity index (χ0v) is 15.3. The molecule has 1 amide bonds. The Morgan fingerprint density at radius 2 is 2.17 bits per heavy atom. The minimum Gasteiger partial charge on any atom is -0.491 e. The van der Waals surface area contributed by atoms with E-state index in [1.807, 2.05) is 0 Å². The van der Waals surface area contributed by atoms with Gasteiger partial charge in [-0.1, -0.05) is 0 Å². The lowest BCUT2D eigenvalue weighted by atomic mass is 10.1. The second-order valence-electron chi connectivity index (χ2n) is 6.73. The van der Waals surface area contributed by atoms with E-state index in [-0.39, 0.29) is 12.4 Å². The van der Waals surface area contributed by atoms with Crippen LogP contribution in [0.1, 0.15) is 6.92 Å². The summed E-state index contributed by atoms with van der Waals surface area (Å²) in [5.74, 6) is 0.0189. The molecule has 0 radical (unpaired) electrons. The number of anilines is 2. The maximum Gasteiger partial charge on any atom is 0.416 e. The van der Waals surface area contributed by atoms with Crippen LogP contribution in [0.3, 0.4) is 0 Å². The van der Waals surface area contributed by atoms with Gasteiger partial charge in [-0.25, -0.2) is 23.5 Å². The number of ether oxygens (including phenoxy) is 2. The highest BCUT2D eigenvalue weighted by Crippen LogP contribution is 2.36. The van der Waals surface area contributed by atoms with Crippen molar-refractivity contribution in [3.05, 3.63) is 24.4 Å². The first-order valence-electron chi connectivity index (χ1n) is 8.93. The van der Waals surface area contributed by atoms with Gasteiger partial charge >= 0.3 is 12.1 Å². The normalized spacial score (nSPS) is 19.1. The van der Waals surface area contributed by atoms with Gasteiger partial charge in [-0.3, -0.25) is 4.79 Å². The molecule has 2 atom stereocenters. The average Bonchev–Trinajstić information content (AvgIpc) is 3.21. The maximum absolute atomic E-state index is 13.3. The molecule has 1 fully saturated rings. The van der Waals surface area contributed by atoms with Crippen molar-refractivity contribution in [1.29, 1.82) is 0 Å². The molecule has 2 aliphatic rings. The van der Waals surface area contributed by atoms with Gasteiger partial charge in [-0.15, -0.1) is 0 Å². The molecule has 0 spiro atoms. The summed E-state index contributed by atoms with van der Waals surface area (Å²) in [6, 6.07) is 2.86. The van der Waals surface area contributed by atoms with E-state index in [1.54, 1.807) is 22.8 Å². The van der Waals surface area contributed by atoms with Crippen molar-refractivity contribution in [1.82, 2.24) is 9.55 Å². The van der Waals surface area contributed by atoms with Gasteiger partial charge < -0.3 is 24.5 Å². The number of nitrogens with zero attached hydrogens (tertiary/aromatic N) is 3. The number of benzene rings is 1. The first-order chi connectivity index (χ1) is 13.8. The second kappa shape index (κ2) is 7.22. The molecular formula is C18H18F2N4O5. The highest BCUT2D eigenvalue weighted by molar-refractivity contribution is 5.89. The van der Waals surface area contributed by atoms with Crippen LogP contribution in [0.15, 0.2) is 24.4 Å². The number of cyclic esters (lactones) is 1. The Labute approximate surface area is 163 Å². The van der Waals surface area contributed by atoms with E-state index in [0.29, 0.717) is 29.4 Å². The van der Waals surface area contributed by atoms with Crippen LogP contribution in [0.5, 0.6) is 5.75 Å². The van der Waals surface area contributed by atoms with E-state index in [4.69, 9.17) is 14.6 Å². The number of nitrogens with one attached hydrogen (secondary N) is 1. The summed E-state index contributed by atoms with van der Waals surface area (Å²) in [6.45, 7) is 1.81. The first-order valence-corrected chi connectivity index (χ1v) is 8.93. The minimum atomic E-state index is -2.76. The van der Waals surface area contributed by atoms with Crippen molar-refractivity contribution in [3.63, 3.8) is 0 Å². The molecular weight excluding hydrogens is 390 g/mol. The second-order valence-corrected chi connectivity index (χ2v) is 6.73. The number of amides is 1. The molecule has 1 saturated heterocycles. The van der Waals surface area contributed by atoms with Crippen molar-refractivity contribution >= 4 is 23.6 Å². The third-order valence-electron chi connectivity index (χ3n) is 4.77. The number of aromatic nitrogens is 2. The van der Waals surface area contributed by atoms with Crippen LogP contribution in [-0.2, 0) is 16.1 Å². The molecule has 1 aromatic carbocycles. The van der Waals surface area contributed by atoms with E-state index < -0.39 is 37.2 Å². The van der Waals surface area contributed by atoms with Gasteiger partial charge in [-0.05, 0) is 19.1 Å². The molecule has 3 heterocycles. The van der Waals surface area contributed by atoms with Gasteiger partial charge in [0.2, 0.25) is 0 Å². The van der Waals surface area contributed by atoms with E-state index in [9.17, 15) is 18.4 Å². The predicted octanol–water partition coefficient (Wildman–Crippen LogP) is 2.42. The van der Waals surface area contributed by atoms with Gasteiger partial charge in [0.25, 0.3) is 6.43 Å². The van der Waals surface area contributed by atoms with Crippen LogP contribution < -0.4 is 15.0 Å². The molecule has 0 bridgehead atoms. The molecule has 1 unspecified atom stereocenters. The molecule has 2 N–H and O–H groups in total. The van der Waals surface area contributed by atoms with Crippen molar-refractivity contribution in [3.8, 4) is 17.1 Å². The number of hydrogen-bond acceptors (Lipinski definition) is 6. The van der Waals surface area contributed by atoms with Crippen LogP contribution in [0, 0.1) is 0 Å². The Hall–Kier alpha value is -3.37. The topological polar surface area (TPSA) is 106 Å². The lowest BCUT2D eigenvalue weighted by Gasteiger charge is -2.17. The summed E-state index contributed by atoms with van der Waals surface area (Å²) >= 11 is 0. The number of alkyl halides is 2. The Balaban J connectivity index is 1.68. The number of imidazole rings is 1. The Bertz CT molecular complexity index is 964. The van der Waals surface area contributed by atoms with Gasteiger partial charge in [-0.2, -0.15) is 0 Å². The number of carboxylic acids is 1. The molecule has 29 heavy (non-hydrogen) atoms. The summed E-state index contributed by atoms with van der Waals surface area (Å²) in [5, 5.41) is 11.9. The van der Waals surface area contributed by atoms with Crippen molar-refractivity contribution < 1.29 is 33.0 Å². The summed E-state index contributed by atoms with van der Waals surface area (Å²) < 4.78 is 38.8. The molecule has 11 heteroatoms. The fraction of sp³-hybridized carbons (Fsp3) is 0.389. The SMILES string of the molecule is CC(Nc1ccc2c(c1)OCCn1cc(N3C(=O)OC[C@H]3C(F)F)nc1-2)C(=O)O. The van der Waals surface area contributed by atoms with Gasteiger partial charge in [0.1, 0.15) is 36.9 Å². The fourth-order valence-electron chi connectivity index (χ4n) is 3.27. The Kier molecular flexibility index (Phi) is 4.73. The quantitative estimate of drug-likeness (QED) is 0.783. The smallest absolute Gasteiger partial charge is 0.416 e. The van der Waals surface area contributed by atoms with Gasteiger partial charge in [0, 0.05) is 18.0 Å². The molecule has 1 aromatic heterocycles. The summed E-state index contributed by atoms with van der Waals surface area (Å²) in [4.78, 5) is 28.3. The number of aliphatic carboxylic acids is 1. The van der Waals surface area contributed by atoms with Crippen molar-refractivity contribution in [2.24, 2.45) is 0 Å². The predicted molar refractivity (Wildman–Crippen MR) is 97.5 cm³/mol. The first kappa shape index (κ1) is 19.0. The Morgan fingerprint density at radius 3 is 2.90 bits per heavy atom. The third-order valence-corrected chi connectivity index (χ3v) is 4.77. The number of rotatable bonds is 5. The molecule has 9 nitrogen and oxygen atoms in total. The zero-order valence-electron chi connectivity index (χ0n) is 15.3. The van der Waals surface area contributed by atoms with Crippen molar-refractivity contribution in [2.45, 2.75) is 32.0 Å². The number of halogens is 2. The molecule has 154 valence electrons. The van der Waals surface area contributed by atoms with E-state index in [1.165, 1.54) is 13.1 Å². The summed E-state index contributed by atoms with van der Waals surface area (Å²) in [5.41, 5.74) is 1.16. The Morgan fingerprint density at radius 1 is 1.38 bits per heavy atom. The van der Waals surface area contributed by atoms with Crippen LogP contribution in [-0.4, -0.2) is 58.4 Å². The van der Waals surface area contributed by atoms with E-state index >= 15 is 0 Å². The summed E-state index contributed by atoms with van der Waals surface area (Å²) in [6.07, 6.45) is -2.10. The number of carbonyl (C=O) groups excluding carboxylic acids is 1. The number of fused-ring (bicyclic) bond motifs is 3. The molecule has 0 saturated carbocycles. The largest absolute Gasteiger partial charge is 0.491 e. The minimum absolute atomic E-state index is 0.0855. The van der Waals surface area contributed by atoms with E-state index in [0.717, 1.165) is 4.90 Å². The van der Waals surface area contributed by atoms with Crippen LogP contribution in [0.25, 0.3) is 11.4 Å². The molecule has 2 aliphatic heterocycles. The van der Waals surface area contributed by atoms with Crippen LogP contribution in [0.2, 0.25) is 0 Å². The van der Waals surface area contributed by atoms with Crippen molar-refractivity contribution in [2.75, 3.05) is 23.4 Å². The highest BCUT2D eigenvalue weighted by atomic mass is 19.3. The lowest BCUT2D eigenvalue weighted by Crippen LogP contribution is -2.38. The fourth-order valence-corrected chi connectivity index (χ4v) is 3.27. The van der Waals surface area contributed by atoms with Gasteiger partial charge in [0.05, 0.1) is 12.1 Å². The zero-order chi connectivity index (χ0) is 20.7. The molecule has 2 aromatic rings.